The number of aromatic nitrogens is 2. The molecular formula is C24H24ClN5O. The van der Waals surface area contributed by atoms with Crippen LogP contribution in [0.3, 0.4) is 0 Å². The van der Waals surface area contributed by atoms with E-state index in [4.69, 9.17) is 21.6 Å². The van der Waals surface area contributed by atoms with Crippen LogP contribution >= 0.6 is 11.6 Å². The Morgan fingerprint density at radius 2 is 1.55 bits per heavy atom. The van der Waals surface area contributed by atoms with Crippen molar-refractivity contribution in [3.8, 4) is 0 Å². The van der Waals surface area contributed by atoms with Crippen LogP contribution in [0.1, 0.15) is 28.9 Å². The number of rotatable bonds is 4. The van der Waals surface area contributed by atoms with Crippen LogP contribution in [0, 0.1) is 0 Å². The normalized spacial score (nSPS) is 16.2. The fourth-order valence-corrected chi connectivity index (χ4v) is 4.34. The van der Waals surface area contributed by atoms with Crippen molar-refractivity contribution in [1.29, 1.82) is 0 Å². The molecule has 5 rings (SSSR count). The lowest BCUT2D eigenvalue weighted by atomic mass is 9.95. The number of fused-ring (bicyclic) bond motifs is 1. The van der Waals surface area contributed by atoms with E-state index in [9.17, 15) is 4.79 Å². The first kappa shape index (κ1) is 19.8. The summed E-state index contributed by atoms with van der Waals surface area (Å²) in [7, 11) is 0. The Kier molecular flexibility index (Phi) is 5.47. The summed E-state index contributed by atoms with van der Waals surface area (Å²) < 4.78 is 0. The Bertz CT molecular complexity index is 1080. The lowest BCUT2D eigenvalue weighted by molar-refractivity contribution is 0.0972. The minimum atomic E-state index is 0.109. The van der Waals surface area contributed by atoms with Gasteiger partial charge in [-0.05, 0) is 49.2 Å². The van der Waals surface area contributed by atoms with Crippen molar-refractivity contribution in [3.05, 3.63) is 70.9 Å². The molecule has 31 heavy (non-hydrogen) atoms. The first-order valence-corrected chi connectivity index (χ1v) is 11.1. The van der Waals surface area contributed by atoms with Crippen LogP contribution in [0.15, 0.2) is 54.6 Å². The lowest BCUT2D eigenvalue weighted by Gasteiger charge is -2.36. The largest absolute Gasteiger partial charge is 0.368 e. The SMILES string of the molecule is O=C1CCCc2nc(N3CCN(c4ccccc4)CC3)nc(Nc3ccc(Cl)cc3)c21. The summed E-state index contributed by atoms with van der Waals surface area (Å²) >= 11 is 6.02. The molecule has 0 bridgehead atoms. The molecule has 0 spiro atoms. The Morgan fingerprint density at radius 1 is 0.839 bits per heavy atom. The van der Waals surface area contributed by atoms with E-state index in [1.54, 1.807) is 0 Å². The zero-order valence-corrected chi connectivity index (χ0v) is 18.0. The van der Waals surface area contributed by atoms with Gasteiger partial charge in [0.15, 0.2) is 5.78 Å². The van der Waals surface area contributed by atoms with Crippen molar-refractivity contribution >= 4 is 40.5 Å². The number of hydrogen-bond acceptors (Lipinski definition) is 6. The Labute approximate surface area is 186 Å². The Hall–Kier alpha value is -3.12. The predicted octanol–water partition coefficient (Wildman–Crippen LogP) is 4.72. The van der Waals surface area contributed by atoms with Crippen LogP contribution in [-0.2, 0) is 6.42 Å². The average Bonchev–Trinajstić information content (AvgIpc) is 2.81. The first-order valence-electron chi connectivity index (χ1n) is 10.7. The van der Waals surface area contributed by atoms with Crippen LogP contribution in [0.2, 0.25) is 5.02 Å². The van der Waals surface area contributed by atoms with Gasteiger partial charge in [-0.2, -0.15) is 4.98 Å². The highest BCUT2D eigenvalue weighted by atomic mass is 35.5. The van der Waals surface area contributed by atoms with Crippen LogP contribution in [-0.4, -0.2) is 41.9 Å². The summed E-state index contributed by atoms with van der Waals surface area (Å²) in [5.41, 5.74) is 3.57. The molecule has 1 N–H and O–H groups in total. The molecule has 3 aromatic rings. The van der Waals surface area contributed by atoms with Crippen LogP contribution in [0.4, 0.5) is 23.1 Å². The number of nitrogens with zero attached hydrogens (tertiary/aromatic N) is 4. The molecule has 158 valence electrons. The van der Waals surface area contributed by atoms with Gasteiger partial charge in [-0.3, -0.25) is 4.79 Å². The molecule has 1 aromatic heterocycles. The number of piperazine rings is 1. The molecule has 1 aliphatic carbocycles. The molecule has 0 amide bonds. The van der Waals surface area contributed by atoms with Gasteiger partial charge < -0.3 is 15.1 Å². The summed E-state index contributed by atoms with van der Waals surface area (Å²) in [6, 6.07) is 17.9. The van der Waals surface area contributed by atoms with Crippen molar-refractivity contribution in [3.63, 3.8) is 0 Å². The fraction of sp³-hybridized carbons (Fsp3) is 0.292. The van der Waals surface area contributed by atoms with Gasteiger partial charge in [0.05, 0.1) is 11.3 Å². The molecule has 1 saturated heterocycles. The molecule has 0 atom stereocenters. The van der Waals surface area contributed by atoms with Gasteiger partial charge >= 0.3 is 0 Å². The summed E-state index contributed by atoms with van der Waals surface area (Å²) in [5, 5.41) is 4.01. The second kappa shape index (κ2) is 8.55. The first-order chi connectivity index (χ1) is 15.2. The molecule has 1 fully saturated rings. The number of hydrogen-bond donors (Lipinski definition) is 1. The molecule has 0 unspecified atom stereocenters. The molecule has 1 aliphatic heterocycles. The van der Waals surface area contributed by atoms with E-state index in [2.05, 4.69) is 39.4 Å². The highest BCUT2D eigenvalue weighted by molar-refractivity contribution is 6.30. The number of Topliss-reactive ketones (excluding diaryl/α,β-unsaturated/α-hetero) is 1. The van der Waals surface area contributed by atoms with Gasteiger partial charge in [0.25, 0.3) is 0 Å². The number of nitrogens with one attached hydrogen (secondary N) is 1. The summed E-state index contributed by atoms with van der Waals surface area (Å²) in [6.07, 6.45) is 2.18. The lowest BCUT2D eigenvalue weighted by Crippen LogP contribution is -2.47. The average molecular weight is 434 g/mol. The number of para-hydroxylation sites is 1. The van der Waals surface area contributed by atoms with E-state index in [-0.39, 0.29) is 5.78 Å². The predicted molar refractivity (Wildman–Crippen MR) is 125 cm³/mol. The number of benzene rings is 2. The highest BCUT2D eigenvalue weighted by Gasteiger charge is 2.27. The van der Waals surface area contributed by atoms with E-state index in [1.807, 2.05) is 30.3 Å². The number of halogens is 1. The standard InChI is InChI=1S/C24H24ClN5O/c25-17-9-11-18(12-10-17)26-23-22-20(7-4-8-21(22)31)27-24(28-23)30-15-13-29(14-16-30)19-5-2-1-3-6-19/h1-3,5-6,9-12H,4,7-8,13-16H2,(H,26,27,28). The van der Waals surface area contributed by atoms with Crippen molar-refractivity contribution in [2.24, 2.45) is 0 Å². The van der Waals surface area contributed by atoms with E-state index < -0.39 is 0 Å². The minimum absolute atomic E-state index is 0.109. The van der Waals surface area contributed by atoms with Gasteiger partial charge in [-0.1, -0.05) is 29.8 Å². The maximum atomic E-state index is 12.7. The molecule has 0 saturated carbocycles. The van der Waals surface area contributed by atoms with Crippen molar-refractivity contribution in [2.75, 3.05) is 41.3 Å². The number of carbonyl (C=O) groups excluding carboxylic acids is 1. The van der Waals surface area contributed by atoms with E-state index in [0.717, 1.165) is 50.4 Å². The topological polar surface area (TPSA) is 61.4 Å². The molecule has 2 aromatic carbocycles. The molecule has 7 heteroatoms. The smallest absolute Gasteiger partial charge is 0.227 e. The zero-order valence-electron chi connectivity index (χ0n) is 17.2. The number of carbonyl (C=O) groups is 1. The van der Waals surface area contributed by atoms with Crippen molar-refractivity contribution < 1.29 is 4.79 Å². The third kappa shape index (κ3) is 4.21. The zero-order chi connectivity index (χ0) is 21.2. The number of ketones is 1. The van der Waals surface area contributed by atoms with E-state index in [1.165, 1.54) is 5.69 Å². The summed E-state index contributed by atoms with van der Waals surface area (Å²) in [5.74, 6) is 1.40. The monoisotopic (exact) mass is 433 g/mol. The summed E-state index contributed by atoms with van der Waals surface area (Å²) in [6.45, 7) is 3.48. The molecular weight excluding hydrogens is 410 g/mol. The Balaban J connectivity index is 1.41. The fourth-order valence-electron chi connectivity index (χ4n) is 4.21. The molecule has 0 radical (unpaired) electrons. The highest BCUT2D eigenvalue weighted by Crippen LogP contribution is 2.30. The Morgan fingerprint density at radius 3 is 2.29 bits per heavy atom. The van der Waals surface area contributed by atoms with Gasteiger partial charge in [0.1, 0.15) is 5.82 Å². The van der Waals surface area contributed by atoms with Crippen LogP contribution < -0.4 is 15.1 Å². The molecule has 6 nitrogen and oxygen atoms in total. The van der Waals surface area contributed by atoms with Crippen LogP contribution in [0.5, 0.6) is 0 Å². The van der Waals surface area contributed by atoms with Gasteiger partial charge in [-0.15, -0.1) is 0 Å². The van der Waals surface area contributed by atoms with E-state index >= 15 is 0 Å². The quantitative estimate of drug-likeness (QED) is 0.642. The second-order valence-corrected chi connectivity index (χ2v) is 8.35. The van der Waals surface area contributed by atoms with Crippen LogP contribution in [0.25, 0.3) is 0 Å². The third-order valence-electron chi connectivity index (χ3n) is 5.86. The number of aryl methyl sites for hydroxylation is 1. The minimum Gasteiger partial charge on any atom is -0.368 e. The second-order valence-electron chi connectivity index (χ2n) is 7.91. The molecule has 2 heterocycles. The summed E-state index contributed by atoms with van der Waals surface area (Å²) in [4.78, 5) is 26.9. The number of anilines is 4. The molecule has 2 aliphatic rings. The van der Waals surface area contributed by atoms with Crippen molar-refractivity contribution in [2.45, 2.75) is 19.3 Å². The van der Waals surface area contributed by atoms with Gasteiger partial charge in [-0.25, -0.2) is 4.98 Å². The maximum Gasteiger partial charge on any atom is 0.227 e. The van der Waals surface area contributed by atoms with E-state index in [0.29, 0.717) is 28.8 Å². The van der Waals surface area contributed by atoms with Gasteiger partial charge in [0.2, 0.25) is 5.95 Å². The third-order valence-corrected chi connectivity index (χ3v) is 6.11. The van der Waals surface area contributed by atoms with Gasteiger partial charge in [0, 0.05) is 49.0 Å². The maximum absolute atomic E-state index is 12.7. The van der Waals surface area contributed by atoms with Crippen molar-refractivity contribution in [1.82, 2.24) is 9.97 Å².